The molecule has 354 valence electrons. The van der Waals surface area contributed by atoms with Crippen molar-refractivity contribution in [3.8, 4) is 0 Å². The van der Waals surface area contributed by atoms with Crippen LogP contribution in [-0.2, 0) is 9.59 Å². The van der Waals surface area contributed by atoms with Crippen LogP contribution in [0.1, 0.15) is 51.3 Å². The summed E-state index contributed by atoms with van der Waals surface area (Å²) in [6.07, 6.45) is 3.50. The second-order valence-corrected chi connectivity index (χ2v) is 18.9. The van der Waals surface area contributed by atoms with E-state index >= 15 is 0 Å². The Labute approximate surface area is 421 Å². The molecular weight excluding hydrogens is 947 g/mol. The fourth-order valence-corrected chi connectivity index (χ4v) is 9.03. The Morgan fingerprint density at radius 1 is 0.549 bits per heavy atom. The maximum atomic E-state index is 12.2. The standard InChI is InChI=1S/C16H13N3O.C16H11NOS2.C12H12N2OS.C11H11N3O/c1-2-11-7-9-12(10-8-11)15(20)19-16-17-13-5-3-4-6-14(13)18-16;1-2-11-7-9-12(10-8-11)15(18)20-16-17-13-5-3-4-6-14(13)19-16;1-7(2)11(15)14-12-13-9-6-8(3)4-5-10(9)16-12;1-7(2)10(15)14-11-12-8-5-3-4-6-9(8)13-11/h2-10H,1H2,(H2,17,18,19,20);2-10H,1H2;4-6H,1H2,2-3H3,(H,13,14,15);3-6H,1H2,2H3,(H2,12,13,14,15). The highest BCUT2D eigenvalue weighted by molar-refractivity contribution is 8.15. The van der Waals surface area contributed by atoms with Gasteiger partial charge in [-0.2, -0.15) is 0 Å². The SMILES string of the molecule is C=C(C)C(=O)Nc1nc2cc(C)ccc2s1.C=C(C)C(=O)Nc1nc2ccccc2[nH]1.C=Cc1ccc(C(=O)Nc2nc3ccccc3[nH]2)cc1.C=Cc1ccc(C(=O)Sc2nc3ccccc3s2)cc1. The van der Waals surface area contributed by atoms with E-state index in [0.29, 0.717) is 39.3 Å². The van der Waals surface area contributed by atoms with Crippen LogP contribution in [0.5, 0.6) is 0 Å². The number of anilines is 3. The van der Waals surface area contributed by atoms with Crippen LogP contribution >= 0.6 is 34.4 Å². The number of hydrogen-bond donors (Lipinski definition) is 5. The summed E-state index contributed by atoms with van der Waals surface area (Å²) >= 11 is 4.19. The van der Waals surface area contributed by atoms with Crippen LogP contribution in [0.2, 0.25) is 0 Å². The molecule has 0 aliphatic carbocycles. The van der Waals surface area contributed by atoms with Crippen molar-refractivity contribution in [3.63, 3.8) is 0 Å². The van der Waals surface area contributed by atoms with E-state index in [1.54, 1.807) is 49.5 Å². The molecule has 4 heterocycles. The van der Waals surface area contributed by atoms with Crippen LogP contribution in [0.4, 0.5) is 17.0 Å². The van der Waals surface area contributed by atoms with Crippen LogP contribution in [0.15, 0.2) is 181 Å². The average molecular weight is 994 g/mol. The van der Waals surface area contributed by atoms with E-state index in [0.717, 1.165) is 63.5 Å². The van der Waals surface area contributed by atoms with Gasteiger partial charge in [0.05, 0.1) is 42.5 Å². The molecule has 10 rings (SSSR count). The van der Waals surface area contributed by atoms with Crippen LogP contribution in [0.25, 0.3) is 54.7 Å². The molecule has 0 unspecified atom stereocenters. The van der Waals surface area contributed by atoms with Crippen molar-refractivity contribution in [3.05, 3.63) is 205 Å². The van der Waals surface area contributed by atoms with E-state index in [2.05, 4.69) is 72.2 Å². The lowest BCUT2D eigenvalue weighted by molar-refractivity contribution is -0.113. The molecule has 0 spiro atoms. The minimum absolute atomic E-state index is 0.0136. The third-order valence-corrected chi connectivity index (χ3v) is 13.0. The summed E-state index contributed by atoms with van der Waals surface area (Å²) < 4.78 is 2.96. The van der Waals surface area contributed by atoms with E-state index in [-0.39, 0.29) is 22.8 Å². The van der Waals surface area contributed by atoms with Crippen molar-refractivity contribution < 1.29 is 19.2 Å². The molecule has 0 aliphatic rings. The highest BCUT2D eigenvalue weighted by atomic mass is 32.2. The average Bonchev–Trinajstić information content (AvgIpc) is 4.18. The van der Waals surface area contributed by atoms with Gasteiger partial charge in [0.25, 0.3) is 17.7 Å². The fraction of sp³-hybridized carbons (Fsp3) is 0.0545. The van der Waals surface area contributed by atoms with Gasteiger partial charge in [0.2, 0.25) is 17.0 Å². The first-order valence-electron chi connectivity index (χ1n) is 21.8. The number of nitrogens with one attached hydrogen (secondary N) is 5. The zero-order chi connectivity index (χ0) is 50.4. The number of H-pyrrole nitrogens is 2. The van der Waals surface area contributed by atoms with Crippen molar-refractivity contribution >= 4 is 129 Å². The Morgan fingerprint density at radius 2 is 1.06 bits per heavy atom. The number of aromatic amines is 2. The number of amides is 3. The summed E-state index contributed by atoms with van der Waals surface area (Å²) in [7, 11) is 0. The highest BCUT2D eigenvalue weighted by Gasteiger charge is 2.13. The summed E-state index contributed by atoms with van der Waals surface area (Å²) in [5.41, 5.74) is 10.6. The molecule has 0 saturated heterocycles. The molecule has 5 N–H and O–H groups in total. The molecule has 10 aromatic rings. The summed E-state index contributed by atoms with van der Waals surface area (Å²) in [5, 5.41) is 8.73. The largest absolute Gasteiger partial charge is 0.324 e. The number of carbonyl (C=O) groups excluding carboxylic acids is 4. The number of hydrogen-bond acceptors (Lipinski definition) is 11. The number of rotatable bonds is 10. The molecule has 16 heteroatoms. The van der Waals surface area contributed by atoms with E-state index in [9.17, 15) is 19.2 Å². The Balaban J connectivity index is 0.000000140. The molecule has 0 saturated carbocycles. The number of aryl methyl sites for hydroxylation is 1. The number of fused-ring (bicyclic) bond motifs is 4. The summed E-state index contributed by atoms with van der Waals surface area (Å²) in [6, 6.07) is 43.8. The Bertz CT molecular complexity index is 3350. The fourth-order valence-electron chi connectivity index (χ4n) is 6.27. The zero-order valence-electron chi connectivity index (χ0n) is 38.9. The molecule has 6 aromatic carbocycles. The first-order chi connectivity index (χ1) is 34.2. The minimum Gasteiger partial charge on any atom is -0.324 e. The lowest BCUT2D eigenvalue weighted by atomic mass is 10.1. The second-order valence-electron chi connectivity index (χ2n) is 15.6. The van der Waals surface area contributed by atoms with Gasteiger partial charge < -0.3 is 9.97 Å². The maximum Gasteiger partial charge on any atom is 0.257 e. The van der Waals surface area contributed by atoms with Crippen LogP contribution in [-0.4, -0.2) is 52.7 Å². The maximum absolute atomic E-state index is 12.2. The number of benzene rings is 6. The minimum atomic E-state index is -0.228. The van der Waals surface area contributed by atoms with Gasteiger partial charge in [0, 0.05) is 22.3 Å². The van der Waals surface area contributed by atoms with Crippen molar-refractivity contribution in [2.24, 2.45) is 0 Å². The van der Waals surface area contributed by atoms with Gasteiger partial charge >= 0.3 is 0 Å². The monoisotopic (exact) mass is 993 g/mol. The van der Waals surface area contributed by atoms with Crippen LogP contribution in [0, 0.1) is 6.92 Å². The number of imidazole rings is 2. The van der Waals surface area contributed by atoms with E-state index in [1.165, 1.54) is 23.1 Å². The number of thiazole rings is 2. The first-order valence-corrected chi connectivity index (χ1v) is 24.2. The first kappa shape index (κ1) is 50.3. The summed E-state index contributed by atoms with van der Waals surface area (Å²) in [6.45, 7) is 19.9. The molecule has 0 aliphatic heterocycles. The molecule has 71 heavy (non-hydrogen) atoms. The molecule has 3 amide bonds. The Hall–Kier alpha value is -8.57. The van der Waals surface area contributed by atoms with Gasteiger partial charge in [0.1, 0.15) is 0 Å². The highest BCUT2D eigenvalue weighted by Crippen LogP contribution is 2.32. The molecule has 0 atom stereocenters. The number of para-hydroxylation sites is 5. The van der Waals surface area contributed by atoms with Gasteiger partial charge in [-0.15, -0.1) is 11.3 Å². The van der Waals surface area contributed by atoms with E-state index < -0.39 is 0 Å². The number of nitrogens with zero attached hydrogens (tertiary/aromatic N) is 4. The summed E-state index contributed by atoms with van der Waals surface area (Å²) in [4.78, 5) is 70.4. The van der Waals surface area contributed by atoms with Crippen molar-refractivity contribution in [2.75, 3.05) is 16.0 Å². The quantitative estimate of drug-likeness (QED) is 0.0656. The second kappa shape index (κ2) is 23.6. The van der Waals surface area contributed by atoms with Gasteiger partial charge in [-0.3, -0.25) is 35.1 Å². The van der Waals surface area contributed by atoms with Crippen molar-refractivity contribution in [2.45, 2.75) is 25.1 Å². The molecular formula is C55H47N9O4S3. The zero-order valence-corrected chi connectivity index (χ0v) is 41.4. The third-order valence-electron chi connectivity index (χ3n) is 10.0. The molecule has 4 aromatic heterocycles. The summed E-state index contributed by atoms with van der Waals surface area (Å²) in [5.74, 6) is 0.290. The third kappa shape index (κ3) is 13.8. The molecule has 0 fully saturated rings. The van der Waals surface area contributed by atoms with E-state index in [1.807, 2.05) is 134 Å². The molecule has 13 nitrogen and oxygen atoms in total. The lowest BCUT2D eigenvalue weighted by Crippen LogP contribution is -2.12. The van der Waals surface area contributed by atoms with Crippen LogP contribution < -0.4 is 16.0 Å². The topological polar surface area (TPSA) is 188 Å². The van der Waals surface area contributed by atoms with Gasteiger partial charge in [-0.25, -0.2) is 19.9 Å². The molecule has 0 bridgehead atoms. The van der Waals surface area contributed by atoms with Gasteiger partial charge in [0.15, 0.2) is 9.47 Å². The Kier molecular flexibility index (Phi) is 16.7. The molecule has 0 radical (unpaired) electrons. The number of carbonyl (C=O) groups is 4. The van der Waals surface area contributed by atoms with Crippen molar-refractivity contribution in [1.82, 2.24) is 29.9 Å². The van der Waals surface area contributed by atoms with Crippen molar-refractivity contribution in [1.29, 1.82) is 0 Å². The predicted molar refractivity (Wildman–Crippen MR) is 294 cm³/mol. The van der Waals surface area contributed by atoms with Crippen LogP contribution in [0.3, 0.4) is 0 Å². The lowest BCUT2D eigenvalue weighted by Gasteiger charge is -2.02. The van der Waals surface area contributed by atoms with E-state index in [4.69, 9.17) is 0 Å². The number of thioether (sulfide) groups is 1. The normalized spacial score (nSPS) is 10.4. The number of aromatic nitrogens is 6. The van der Waals surface area contributed by atoms with Gasteiger partial charge in [-0.1, -0.05) is 117 Å². The smallest absolute Gasteiger partial charge is 0.257 e. The predicted octanol–water partition coefficient (Wildman–Crippen LogP) is 13.5. The Morgan fingerprint density at radius 3 is 1.61 bits per heavy atom. The van der Waals surface area contributed by atoms with Gasteiger partial charge in [-0.05, 0) is 122 Å².